The Balaban J connectivity index is 1.80. The number of hydrogen-bond donors (Lipinski definition) is 1. The molecular formula is C22H20FIN2O3S. The predicted octanol–water partition coefficient (Wildman–Crippen LogP) is 4.96. The van der Waals surface area contributed by atoms with E-state index in [1.807, 2.05) is 25.1 Å². The van der Waals surface area contributed by atoms with Crippen LogP contribution in [-0.2, 0) is 16.6 Å². The van der Waals surface area contributed by atoms with Gasteiger partial charge in [-0.3, -0.25) is 9.10 Å². The molecule has 1 N–H and O–H groups in total. The van der Waals surface area contributed by atoms with Gasteiger partial charge in [0.15, 0.2) is 0 Å². The molecule has 156 valence electrons. The van der Waals surface area contributed by atoms with Crippen LogP contribution in [0.1, 0.15) is 21.5 Å². The zero-order chi connectivity index (χ0) is 21.9. The summed E-state index contributed by atoms with van der Waals surface area (Å²) in [5, 5.41) is 2.87. The second-order valence-electron chi connectivity index (χ2n) is 6.86. The second kappa shape index (κ2) is 9.13. The molecule has 0 saturated carbocycles. The molecule has 0 heterocycles. The van der Waals surface area contributed by atoms with Crippen molar-refractivity contribution in [2.45, 2.75) is 13.5 Å². The van der Waals surface area contributed by atoms with Gasteiger partial charge in [-0.1, -0.05) is 12.1 Å². The Morgan fingerprint density at radius 3 is 2.23 bits per heavy atom. The topological polar surface area (TPSA) is 66.5 Å². The van der Waals surface area contributed by atoms with Crippen LogP contribution in [-0.4, -0.2) is 20.6 Å². The summed E-state index contributed by atoms with van der Waals surface area (Å²) in [6, 6.07) is 17.7. The van der Waals surface area contributed by atoms with E-state index in [1.54, 1.807) is 36.4 Å². The first-order valence-corrected chi connectivity index (χ1v) is 12.0. The van der Waals surface area contributed by atoms with E-state index in [4.69, 9.17) is 0 Å². The molecule has 0 bridgehead atoms. The number of sulfonamides is 1. The Hall–Kier alpha value is -2.46. The monoisotopic (exact) mass is 538 g/mol. The van der Waals surface area contributed by atoms with Crippen molar-refractivity contribution in [3.05, 3.63) is 92.8 Å². The van der Waals surface area contributed by atoms with Crippen molar-refractivity contribution in [3.63, 3.8) is 0 Å². The van der Waals surface area contributed by atoms with Crippen molar-refractivity contribution in [2.75, 3.05) is 15.9 Å². The molecule has 0 fully saturated rings. The smallest absolute Gasteiger partial charge is 0.255 e. The molecule has 0 unspecified atom stereocenters. The largest absolute Gasteiger partial charge is 0.322 e. The Labute approximate surface area is 189 Å². The molecule has 0 atom stereocenters. The maximum Gasteiger partial charge on any atom is 0.255 e. The molecular weight excluding hydrogens is 518 g/mol. The highest BCUT2D eigenvalue weighted by molar-refractivity contribution is 14.1. The molecule has 1 amide bonds. The van der Waals surface area contributed by atoms with Crippen molar-refractivity contribution in [1.29, 1.82) is 0 Å². The first kappa shape index (κ1) is 22.2. The first-order chi connectivity index (χ1) is 14.1. The fourth-order valence-electron chi connectivity index (χ4n) is 2.90. The summed E-state index contributed by atoms with van der Waals surface area (Å²) >= 11 is 2.21. The lowest BCUT2D eigenvalue weighted by Gasteiger charge is -2.22. The number of rotatable bonds is 6. The molecule has 5 nitrogen and oxygen atoms in total. The van der Waals surface area contributed by atoms with E-state index in [1.165, 1.54) is 16.4 Å². The quantitative estimate of drug-likeness (QED) is 0.452. The standard InChI is InChI=1S/C22H20FIN2O3S/c1-15-13-19(24)9-12-21(15)25-22(27)17-5-10-20(11-6-17)26(30(2,28)29)14-16-3-7-18(23)8-4-16/h3-13H,14H2,1-2H3,(H,25,27). The molecule has 0 saturated heterocycles. The van der Waals surface area contributed by atoms with Crippen LogP contribution in [0.15, 0.2) is 66.7 Å². The lowest BCUT2D eigenvalue weighted by Crippen LogP contribution is -2.29. The number of anilines is 2. The van der Waals surface area contributed by atoms with Crippen molar-refractivity contribution in [2.24, 2.45) is 0 Å². The van der Waals surface area contributed by atoms with E-state index < -0.39 is 10.0 Å². The van der Waals surface area contributed by atoms with Gasteiger partial charge in [-0.2, -0.15) is 0 Å². The molecule has 3 aromatic rings. The molecule has 3 aromatic carbocycles. The van der Waals surface area contributed by atoms with E-state index in [-0.39, 0.29) is 18.3 Å². The number of carbonyl (C=O) groups excluding carboxylic acids is 1. The molecule has 0 aromatic heterocycles. The molecule has 0 aliphatic heterocycles. The molecule has 30 heavy (non-hydrogen) atoms. The van der Waals surface area contributed by atoms with E-state index in [0.717, 1.165) is 21.1 Å². The molecule has 8 heteroatoms. The van der Waals surface area contributed by atoms with Gasteiger partial charge < -0.3 is 5.32 Å². The average molecular weight is 538 g/mol. The van der Waals surface area contributed by atoms with Crippen molar-refractivity contribution < 1.29 is 17.6 Å². The summed E-state index contributed by atoms with van der Waals surface area (Å²) < 4.78 is 40.0. The van der Waals surface area contributed by atoms with E-state index in [9.17, 15) is 17.6 Å². The minimum atomic E-state index is -3.58. The highest BCUT2D eigenvalue weighted by atomic mass is 127. The van der Waals surface area contributed by atoms with Crippen LogP contribution in [0.4, 0.5) is 15.8 Å². The molecule has 0 aliphatic rings. The Kier molecular flexibility index (Phi) is 6.77. The van der Waals surface area contributed by atoms with Crippen molar-refractivity contribution in [1.82, 2.24) is 0 Å². The number of nitrogens with zero attached hydrogens (tertiary/aromatic N) is 1. The summed E-state index contributed by atoms with van der Waals surface area (Å²) in [6.45, 7) is 1.98. The van der Waals surface area contributed by atoms with Gasteiger partial charge in [-0.25, -0.2) is 12.8 Å². The number of amides is 1. The van der Waals surface area contributed by atoms with E-state index >= 15 is 0 Å². The van der Waals surface area contributed by atoms with Crippen molar-refractivity contribution in [3.8, 4) is 0 Å². The Morgan fingerprint density at radius 2 is 1.67 bits per heavy atom. The normalized spacial score (nSPS) is 11.2. The third kappa shape index (κ3) is 5.57. The van der Waals surface area contributed by atoms with Gasteiger partial charge in [0.25, 0.3) is 5.91 Å². The third-order valence-corrected chi connectivity index (χ3v) is 6.31. The predicted molar refractivity (Wildman–Crippen MR) is 126 cm³/mol. The average Bonchev–Trinajstić information content (AvgIpc) is 2.69. The minimum Gasteiger partial charge on any atom is -0.322 e. The summed E-state index contributed by atoms with van der Waals surface area (Å²) in [5.41, 5.74) is 3.15. The van der Waals surface area contributed by atoms with E-state index in [2.05, 4.69) is 27.9 Å². The third-order valence-electron chi connectivity index (χ3n) is 4.49. The molecule has 0 aliphatic carbocycles. The summed E-state index contributed by atoms with van der Waals surface area (Å²) in [5.74, 6) is -0.668. The molecule has 0 spiro atoms. The van der Waals surface area contributed by atoms with Gasteiger partial charge in [0.2, 0.25) is 10.0 Å². The minimum absolute atomic E-state index is 0.0620. The fourth-order valence-corrected chi connectivity index (χ4v) is 4.43. The van der Waals surface area contributed by atoms with Crippen LogP contribution in [0.5, 0.6) is 0 Å². The van der Waals surface area contributed by atoms with Gasteiger partial charge >= 0.3 is 0 Å². The van der Waals surface area contributed by atoms with E-state index in [0.29, 0.717) is 16.8 Å². The number of nitrogens with one attached hydrogen (secondary N) is 1. The van der Waals surface area contributed by atoms with Crippen LogP contribution in [0, 0.1) is 16.3 Å². The lowest BCUT2D eigenvalue weighted by atomic mass is 10.1. The van der Waals surface area contributed by atoms with Gasteiger partial charge in [0.05, 0.1) is 18.5 Å². The number of benzene rings is 3. The highest BCUT2D eigenvalue weighted by Crippen LogP contribution is 2.23. The number of halogens is 2. The second-order valence-corrected chi connectivity index (χ2v) is 10.0. The van der Waals surface area contributed by atoms with Crippen LogP contribution in [0.2, 0.25) is 0 Å². The highest BCUT2D eigenvalue weighted by Gasteiger charge is 2.18. The van der Waals surface area contributed by atoms with Crippen LogP contribution in [0.3, 0.4) is 0 Å². The Morgan fingerprint density at radius 1 is 1.03 bits per heavy atom. The number of aryl methyl sites for hydroxylation is 1. The van der Waals surface area contributed by atoms with Crippen LogP contribution >= 0.6 is 22.6 Å². The fraction of sp³-hybridized carbons (Fsp3) is 0.136. The molecule has 3 rings (SSSR count). The number of carbonyl (C=O) groups is 1. The van der Waals surface area contributed by atoms with Crippen LogP contribution in [0.25, 0.3) is 0 Å². The maximum atomic E-state index is 13.1. The zero-order valence-electron chi connectivity index (χ0n) is 16.4. The zero-order valence-corrected chi connectivity index (χ0v) is 19.4. The van der Waals surface area contributed by atoms with Gasteiger partial charge in [0, 0.05) is 14.8 Å². The summed E-state index contributed by atoms with van der Waals surface area (Å²) in [4.78, 5) is 12.6. The lowest BCUT2D eigenvalue weighted by molar-refractivity contribution is 0.102. The van der Waals surface area contributed by atoms with Gasteiger partial charge in [0.1, 0.15) is 5.82 Å². The first-order valence-electron chi connectivity index (χ1n) is 9.03. The van der Waals surface area contributed by atoms with Crippen molar-refractivity contribution >= 4 is 49.9 Å². The summed E-state index contributed by atoms with van der Waals surface area (Å²) in [7, 11) is -3.58. The van der Waals surface area contributed by atoms with Gasteiger partial charge in [-0.05, 0) is 95.2 Å². The van der Waals surface area contributed by atoms with Crippen LogP contribution < -0.4 is 9.62 Å². The number of hydrogen-bond acceptors (Lipinski definition) is 3. The summed E-state index contributed by atoms with van der Waals surface area (Å²) in [6.07, 6.45) is 1.11. The Bertz CT molecular complexity index is 1160. The SMILES string of the molecule is Cc1cc(I)ccc1NC(=O)c1ccc(N(Cc2ccc(F)cc2)S(C)(=O)=O)cc1. The maximum absolute atomic E-state index is 13.1. The van der Waals surface area contributed by atoms with Gasteiger partial charge in [-0.15, -0.1) is 0 Å². The molecule has 0 radical (unpaired) electrons.